The fourth-order valence-corrected chi connectivity index (χ4v) is 1.77. The lowest BCUT2D eigenvalue weighted by Crippen LogP contribution is -2.02. The number of hydrogen-bond donors (Lipinski definition) is 1. The molecule has 0 atom stereocenters. The summed E-state index contributed by atoms with van der Waals surface area (Å²) in [5.74, 6) is 0.520. The SMILES string of the molecule is CCc1nc2c(CC)c(COC(C)=O)[nH]n2n1. The zero-order valence-electron chi connectivity index (χ0n) is 10.3. The van der Waals surface area contributed by atoms with E-state index < -0.39 is 0 Å². The van der Waals surface area contributed by atoms with Gasteiger partial charge in [0.15, 0.2) is 11.5 Å². The van der Waals surface area contributed by atoms with E-state index in [4.69, 9.17) is 4.74 Å². The van der Waals surface area contributed by atoms with Gasteiger partial charge in [-0.05, 0) is 6.42 Å². The molecule has 2 rings (SSSR count). The van der Waals surface area contributed by atoms with E-state index in [2.05, 4.69) is 15.2 Å². The second kappa shape index (κ2) is 4.57. The van der Waals surface area contributed by atoms with Crippen LogP contribution in [0.2, 0.25) is 0 Å². The lowest BCUT2D eigenvalue weighted by Gasteiger charge is -2.01. The van der Waals surface area contributed by atoms with Crippen LogP contribution in [0.4, 0.5) is 0 Å². The second-order valence-electron chi connectivity index (χ2n) is 3.82. The van der Waals surface area contributed by atoms with Crippen LogP contribution >= 0.6 is 0 Å². The topological polar surface area (TPSA) is 72.3 Å². The number of esters is 1. The Balaban J connectivity index is 2.36. The first-order chi connectivity index (χ1) is 8.15. The standard InChI is InChI=1S/C11H16N4O2/c1-4-8-9(6-17-7(3)16)13-15-11(8)12-10(5-2)14-15/h13H,4-6H2,1-3H3. The summed E-state index contributed by atoms with van der Waals surface area (Å²) < 4.78 is 6.64. The molecule has 2 aromatic heterocycles. The van der Waals surface area contributed by atoms with E-state index in [0.717, 1.165) is 35.6 Å². The summed E-state index contributed by atoms with van der Waals surface area (Å²) in [4.78, 5) is 15.2. The molecule has 6 nitrogen and oxygen atoms in total. The molecular weight excluding hydrogens is 220 g/mol. The van der Waals surface area contributed by atoms with Crippen molar-refractivity contribution in [2.24, 2.45) is 0 Å². The van der Waals surface area contributed by atoms with Crippen LogP contribution in [-0.2, 0) is 29.0 Å². The third-order valence-corrected chi connectivity index (χ3v) is 2.62. The molecule has 0 bridgehead atoms. The van der Waals surface area contributed by atoms with Crippen LogP contribution in [0.3, 0.4) is 0 Å². The first-order valence-electron chi connectivity index (χ1n) is 5.74. The smallest absolute Gasteiger partial charge is 0.303 e. The van der Waals surface area contributed by atoms with Gasteiger partial charge in [-0.15, -0.1) is 5.10 Å². The second-order valence-corrected chi connectivity index (χ2v) is 3.82. The molecule has 0 saturated carbocycles. The maximum absolute atomic E-state index is 10.8. The average molecular weight is 236 g/mol. The quantitative estimate of drug-likeness (QED) is 0.811. The van der Waals surface area contributed by atoms with Crippen molar-refractivity contribution in [1.82, 2.24) is 19.8 Å². The van der Waals surface area contributed by atoms with Crippen molar-refractivity contribution in [1.29, 1.82) is 0 Å². The van der Waals surface area contributed by atoms with Gasteiger partial charge in [0.05, 0.1) is 5.69 Å². The summed E-state index contributed by atoms with van der Waals surface area (Å²) in [7, 11) is 0. The lowest BCUT2D eigenvalue weighted by atomic mass is 10.2. The first-order valence-corrected chi connectivity index (χ1v) is 5.74. The van der Waals surface area contributed by atoms with E-state index in [-0.39, 0.29) is 12.6 Å². The number of nitrogens with zero attached hydrogens (tertiary/aromatic N) is 3. The molecule has 0 aliphatic heterocycles. The van der Waals surface area contributed by atoms with Crippen molar-refractivity contribution >= 4 is 11.6 Å². The van der Waals surface area contributed by atoms with Crippen LogP contribution in [0, 0.1) is 0 Å². The molecule has 92 valence electrons. The Morgan fingerprint density at radius 2 is 2.18 bits per heavy atom. The summed E-state index contributed by atoms with van der Waals surface area (Å²) >= 11 is 0. The minimum Gasteiger partial charge on any atom is -0.459 e. The lowest BCUT2D eigenvalue weighted by molar-refractivity contribution is -0.142. The van der Waals surface area contributed by atoms with Gasteiger partial charge in [-0.25, -0.2) is 4.98 Å². The molecule has 0 radical (unpaired) electrons. The average Bonchev–Trinajstić information content (AvgIpc) is 2.81. The fourth-order valence-electron chi connectivity index (χ4n) is 1.77. The van der Waals surface area contributed by atoms with E-state index in [0.29, 0.717) is 0 Å². The van der Waals surface area contributed by atoms with Gasteiger partial charge in [0, 0.05) is 18.9 Å². The number of aromatic amines is 1. The van der Waals surface area contributed by atoms with Gasteiger partial charge in [-0.1, -0.05) is 13.8 Å². The zero-order chi connectivity index (χ0) is 12.4. The Morgan fingerprint density at radius 1 is 1.41 bits per heavy atom. The van der Waals surface area contributed by atoms with Crippen LogP contribution in [0.25, 0.3) is 5.65 Å². The molecular formula is C11H16N4O2. The number of aromatic nitrogens is 4. The predicted molar refractivity (Wildman–Crippen MR) is 61.6 cm³/mol. The van der Waals surface area contributed by atoms with Crippen LogP contribution in [-0.4, -0.2) is 25.8 Å². The Kier molecular flexibility index (Phi) is 3.12. The molecule has 2 heterocycles. The van der Waals surface area contributed by atoms with E-state index in [1.54, 1.807) is 4.63 Å². The van der Waals surface area contributed by atoms with Gasteiger partial charge in [0.2, 0.25) is 0 Å². The van der Waals surface area contributed by atoms with Gasteiger partial charge < -0.3 is 4.74 Å². The van der Waals surface area contributed by atoms with Crippen molar-refractivity contribution in [2.75, 3.05) is 0 Å². The van der Waals surface area contributed by atoms with Gasteiger partial charge >= 0.3 is 5.97 Å². The van der Waals surface area contributed by atoms with Crippen LogP contribution in [0.5, 0.6) is 0 Å². The van der Waals surface area contributed by atoms with Crippen LogP contribution in [0.15, 0.2) is 0 Å². The van der Waals surface area contributed by atoms with Crippen molar-refractivity contribution in [2.45, 2.75) is 40.2 Å². The number of fused-ring (bicyclic) bond motifs is 1. The molecule has 0 aromatic carbocycles. The number of ether oxygens (including phenoxy) is 1. The van der Waals surface area contributed by atoms with Gasteiger partial charge in [0.1, 0.15) is 6.61 Å². The third kappa shape index (κ3) is 2.15. The highest BCUT2D eigenvalue weighted by Gasteiger charge is 2.14. The largest absolute Gasteiger partial charge is 0.459 e. The highest BCUT2D eigenvalue weighted by molar-refractivity contribution is 5.66. The number of H-pyrrole nitrogens is 1. The summed E-state index contributed by atoms with van der Waals surface area (Å²) in [6, 6.07) is 0. The minimum absolute atomic E-state index is 0.241. The van der Waals surface area contributed by atoms with Crippen molar-refractivity contribution in [3.05, 3.63) is 17.1 Å². The molecule has 0 amide bonds. The van der Waals surface area contributed by atoms with Crippen molar-refractivity contribution < 1.29 is 9.53 Å². The Bertz CT molecular complexity index is 541. The predicted octanol–water partition coefficient (Wildman–Crippen LogP) is 1.25. The van der Waals surface area contributed by atoms with Crippen LogP contribution < -0.4 is 0 Å². The molecule has 6 heteroatoms. The number of carbonyl (C=O) groups is 1. The number of aryl methyl sites for hydroxylation is 2. The fraction of sp³-hybridized carbons (Fsp3) is 0.545. The molecule has 17 heavy (non-hydrogen) atoms. The third-order valence-electron chi connectivity index (χ3n) is 2.62. The highest BCUT2D eigenvalue weighted by Crippen LogP contribution is 2.16. The molecule has 0 saturated heterocycles. The number of hydrogen-bond acceptors (Lipinski definition) is 4. The van der Waals surface area contributed by atoms with E-state index in [1.807, 2.05) is 13.8 Å². The maximum atomic E-state index is 10.8. The zero-order valence-corrected chi connectivity index (χ0v) is 10.3. The van der Waals surface area contributed by atoms with E-state index in [9.17, 15) is 4.79 Å². The Labute approximate surface area is 99.0 Å². The minimum atomic E-state index is -0.290. The van der Waals surface area contributed by atoms with Crippen molar-refractivity contribution in [3.8, 4) is 0 Å². The highest BCUT2D eigenvalue weighted by atomic mass is 16.5. The van der Waals surface area contributed by atoms with Crippen molar-refractivity contribution in [3.63, 3.8) is 0 Å². The molecule has 0 fully saturated rings. The Hall–Kier alpha value is -1.85. The molecule has 2 aromatic rings. The molecule has 0 spiro atoms. The van der Waals surface area contributed by atoms with E-state index >= 15 is 0 Å². The summed E-state index contributed by atoms with van der Waals surface area (Å²) in [6.07, 6.45) is 1.63. The maximum Gasteiger partial charge on any atom is 0.303 e. The van der Waals surface area contributed by atoms with Gasteiger partial charge in [-0.3, -0.25) is 9.89 Å². The van der Waals surface area contributed by atoms with Gasteiger partial charge in [-0.2, -0.15) is 4.63 Å². The normalized spacial score (nSPS) is 11.0. The summed E-state index contributed by atoms with van der Waals surface area (Å²) in [6.45, 7) is 5.69. The summed E-state index contributed by atoms with van der Waals surface area (Å²) in [5.41, 5.74) is 2.74. The monoisotopic (exact) mass is 236 g/mol. The molecule has 0 aliphatic rings. The Morgan fingerprint density at radius 3 is 2.76 bits per heavy atom. The van der Waals surface area contributed by atoms with Crippen LogP contribution in [0.1, 0.15) is 37.9 Å². The molecule has 0 aliphatic carbocycles. The van der Waals surface area contributed by atoms with E-state index in [1.165, 1.54) is 6.92 Å². The number of nitrogens with one attached hydrogen (secondary N) is 1. The van der Waals surface area contributed by atoms with Gasteiger partial charge in [0.25, 0.3) is 0 Å². The molecule has 0 unspecified atom stereocenters. The first kappa shape index (κ1) is 11.6. The summed E-state index contributed by atoms with van der Waals surface area (Å²) in [5, 5.41) is 7.39. The number of carbonyl (C=O) groups excluding carboxylic acids is 1. The molecule has 1 N–H and O–H groups in total. The number of rotatable bonds is 4.